The Morgan fingerprint density at radius 3 is 2.22 bits per heavy atom. The van der Waals surface area contributed by atoms with Crippen LogP contribution in [0.15, 0.2) is 4.99 Å². The minimum atomic E-state index is 0.241. The van der Waals surface area contributed by atoms with E-state index in [1.54, 1.807) is 0 Å². The van der Waals surface area contributed by atoms with Gasteiger partial charge in [-0.05, 0) is 47.5 Å². The minimum Gasteiger partial charge on any atom is -0.462 e. The van der Waals surface area contributed by atoms with Crippen LogP contribution in [0.1, 0.15) is 73.6 Å². The first-order chi connectivity index (χ1) is 8.45. The molecule has 0 heterocycles. The number of ether oxygens (including phenoxy) is 1. The van der Waals surface area contributed by atoms with E-state index in [0.29, 0.717) is 12.1 Å². The Bertz CT molecular complexity index is 225. The van der Waals surface area contributed by atoms with Crippen LogP contribution in [0.4, 0.5) is 0 Å². The molecule has 3 heteroatoms. The Morgan fingerprint density at radius 2 is 1.72 bits per heavy atom. The number of rotatable bonds is 8. The lowest BCUT2D eigenvalue weighted by Crippen LogP contribution is -2.35. The molecule has 0 aromatic carbocycles. The molecule has 0 spiro atoms. The summed E-state index contributed by atoms with van der Waals surface area (Å²) in [6.07, 6.45) is 6.50. The second kappa shape index (κ2) is 10.2. The molecule has 108 valence electrons. The molecular formula is C15H32N2O. The summed E-state index contributed by atoms with van der Waals surface area (Å²) in [5.41, 5.74) is 0. The predicted octanol–water partition coefficient (Wildman–Crippen LogP) is 4.12. The molecule has 0 amide bonds. The van der Waals surface area contributed by atoms with Crippen molar-refractivity contribution in [2.24, 2.45) is 4.99 Å². The molecule has 0 aromatic rings. The van der Waals surface area contributed by atoms with Gasteiger partial charge in [-0.15, -0.1) is 0 Å². The fraction of sp³-hybridized carbons (Fsp3) is 0.933. The number of nitrogens with one attached hydrogen (secondary N) is 1. The number of hydrogen-bond acceptors (Lipinski definition) is 2. The Morgan fingerprint density at radius 1 is 1.06 bits per heavy atom. The van der Waals surface area contributed by atoms with Crippen molar-refractivity contribution in [2.45, 2.75) is 91.8 Å². The van der Waals surface area contributed by atoms with Gasteiger partial charge in [0, 0.05) is 12.1 Å². The van der Waals surface area contributed by atoms with Crippen LogP contribution in [0.3, 0.4) is 0 Å². The lowest BCUT2D eigenvalue weighted by molar-refractivity contribution is 0.180. The van der Waals surface area contributed by atoms with Gasteiger partial charge in [-0.25, -0.2) is 4.99 Å². The summed E-state index contributed by atoms with van der Waals surface area (Å²) in [4.78, 5) is 4.48. The van der Waals surface area contributed by atoms with Crippen molar-refractivity contribution in [3.05, 3.63) is 0 Å². The van der Waals surface area contributed by atoms with Crippen LogP contribution in [0.5, 0.6) is 0 Å². The largest absolute Gasteiger partial charge is 0.462 e. The fourth-order valence-electron chi connectivity index (χ4n) is 1.69. The highest BCUT2D eigenvalue weighted by molar-refractivity contribution is 5.74. The van der Waals surface area contributed by atoms with Crippen LogP contribution in [-0.2, 0) is 4.74 Å². The summed E-state index contributed by atoms with van der Waals surface area (Å²) in [5.74, 6) is 0. The molecule has 0 aliphatic heterocycles. The quantitative estimate of drug-likeness (QED) is 0.402. The molecule has 0 saturated carbocycles. The third-order valence-corrected chi connectivity index (χ3v) is 2.56. The summed E-state index contributed by atoms with van der Waals surface area (Å²) in [6.45, 7) is 12.7. The average molecular weight is 256 g/mol. The maximum atomic E-state index is 5.89. The van der Waals surface area contributed by atoms with E-state index in [1.165, 1.54) is 25.7 Å². The van der Waals surface area contributed by atoms with Crippen LogP contribution >= 0.6 is 0 Å². The molecule has 0 fully saturated rings. The molecule has 0 rings (SSSR count). The highest BCUT2D eigenvalue weighted by Crippen LogP contribution is 2.08. The second-order valence-electron chi connectivity index (χ2n) is 5.60. The van der Waals surface area contributed by atoms with Gasteiger partial charge >= 0.3 is 0 Å². The first kappa shape index (κ1) is 17.3. The summed E-state index contributed by atoms with van der Waals surface area (Å²) in [5, 5.41) is 3.27. The molecule has 0 aliphatic rings. The van der Waals surface area contributed by atoms with E-state index in [1.807, 2.05) is 0 Å². The number of nitrogens with zero attached hydrogens (tertiary/aromatic N) is 1. The van der Waals surface area contributed by atoms with Gasteiger partial charge in [0.15, 0.2) is 0 Å². The lowest BCUT2D eigenvalue weighted by Gasteiger charge is -2.19. The third-order valence-electron chi connectivity index (χ3n) is 2.56. The van der Waals surface area contributed by atoms with Gasteiger partial charge < -0.3 is 10.1 Å². The first-order valence-electron chi connectivity index (χ1n) is 7.46. The van der Waals surface area contributed by atoms with Gasteiger partial charge in [0.05, 0.1) is 6.10 Å². The molecule has 0 aromatic heterocycles. The summed E-state index contributed by atoms with van der Waals surface area (Å²) in [6, 6.07) is 1.32. The molecule has 1 N–H and O–H groups in total. The average Bonchev–Trinajstić information content (AvgIpc) is 2.22. The van der Waals surface area contributed by atoms with Crippen molar-refractivity contribution in [1.82, 2.24) is 5.32 Å². The monoisotopic (exact) mass is 256 g/mol. The van der Waals surface area contributed by atoms with E-state index in [2.05, 4.69) is 51.9 Å². The summed E-state index contributed by atoms with van der Waals surface area (Å²) in [7, 11) is 0. The van der Waals surface area contributed by atoms with Crippen molar-refractivity contribution in [1.29, 1.82) is 0 Å². The van der Waals surface area contributed by atoms with Crippen molar-refractivity contribution in [2.75, 3.05) is 0 Å². The van der Waals surface area contributed by atoms with Gasteiger partial charge in [-0.1, -0.05) is 26.2 Å². The van der Waals surface area contributed by atoms with Crippen molar-refractivity contribution in [3.63, 3.8) is 0 Å². The molecule has 0 unspecified atom stereocenters. The lowest BCUT2D eigenvalue weighted by atomic mass is 10.1. The highest BCUT2D eigenvalue weighted by Gasteiger charge is 2.09. The molecule has 0 saturated heterocycles. The van der Waals surface area contributed by atoms with Crippen LogP contribution in [-0.4, -0.2) is 24.2 Å². The first-order valence-corrected chi connectivity index (χ1v) is 7.46. The molecule has 0 bridgehead atoms. The fourth-order valence-corrected chi connectivity index (χ4v) is 1.69. The van der Waals surface area contributed by atoms with Crippen LogP contribution in [0, 0.1) is 0 Å². The molecule has 0 radical (unpaired) electrons. The van der Waals surface area contributed by atoms with E-state index < -0.39 is 0 Å². The Hall–Kier alpha value is -0.730. The van der Waals surface area contributed by atoms with E-state index >= 15 is 0 Å². The summed E-state index contributed by atoms with van der Waals surface area (Å²) >= 11 is 0. The molecule has 1 atom stereocenters. The molecule has 0 aliphatic carbocycles. The number of aliphatic imine (C=N–C) groups is 1. The normalized spacial score (nSPS) is 14.1. The van der Waals surface area contributed by atoms with Gasteiger partial charge in [0.1, 0.15) is 0 Å². The zero-order valence-electron chi connectivity index (χ0n) is 13.1. The molecule has 18 heavy (non-hydrogen) atoms. The van der Waals surface area contributed by atoms with E-state index in [4.69, 9.17) is 4.74 Å². The van der Waals surface area contributed by atoms with Crippen molar-refractivity contribution < 1.29 is 4.74 Å². The van der Waals surface area contributed by atoms with E-state index in [0.717, 1.165) is 6.42 Å². The van der Waals surface area contributed by atoms with Gasteiger partial charge in [0.25, 0.3) is 6.02 Å². The zero-order valence-corrected chi connectivity index (χ0v) is 13.1. The smallest absolute Gasteiger partial charge is 0.285 e. The van der Waals surface area contributed by atoms with Crippen LogP contribution < -0.4 is 5.32 Å². The Kier molecular flexibility index (Phi) is 9.80. The topological polar surface area (TPSA) is 33.6 Å². The number of amidine groups is 1. The number of hydrogen-bond donors (Lipinski definition) is 1. The van der Waals surface area contributed by atoms with Gasteiger partial charge in [-0.3, -0.25) is 0 Å². The second-order valence-corrected chi connectivity index (χ2v) is 5.60. The van der Waals surface area contributed by atoms with Gasteiger partial charge in [-0.2, -0.15) is 0 Å². The maximum Gasteiger partial charge on any atom is 0.285 e. The Balaban J connectivity index is 4.06. The number of unbranched alkanes of at least 4 members (excludes halogenated alkanes) is 3. The third kappa shape index (κ3) is 10.4. The van der Waals surface area contributed by atoms with Gasteiger partial charge in [0.2, 0.25) is 0 Å². The molecule has 3 nitrogen and oxygen atoms in total. The van der Waals surface area contributed by atoms with E-state index in [-0.39, 0.29) is 12.1 Å². The minimum absolute atomic E-state index is 0.241. The van der Waals surface area contributed by atoms with Crippen LogP contribution in [0.25, 0.3) is 0 Å². The van der Waals surface area contributed by atoms with Crippen molar-refractivity contribution >= 4 is 6.02 Å². The van der Waals surface area contributed by atoms with E-state index in [9.17, 15) is 0 Å². The Labute approximate surface area is 113 Å². The predicted molar refractivity (Wildman–Crippen MR) is 80.1 cm³/mol. The van der Waals surface area contributed by atoms with Crippen LogP contribution in [0.2, 0.25) is 0 Å². The zero-order chi connectivity index (χ0) is 14.0. The maximum absolute atomic E-state index is 5.89. The summed E-state index contributed by atoms with van der Waals surface area (Å²) < 4.78 is 5.89. The highest BCUT2D eigenvalue weighted by atomic mass is 16.5. The van der Waals surface area contributed by atoms with Crippen molar-refractivity contribution in [3.8, 4) is 0 Å². The standard InChI is InChI=1S/C15H32N2O/c1-7-8-9-10-11-14(6)18-15(16-12(2)3)17-13(4)5/h12-14H,7-11H2,1-6H3,(H,16,17)/t14-/m0/s1. The SMILES string of the molecule is CCCCCC[C@H](C)OC(=NC(C)C)NC(C)C. The molecular weight excluding hydrogens is 224 g/mol.